The van der Waals surface area contributed by atoms with Crippen molar-refractivity contribution in [2.45, 2.75) is 38.6 Å². The van der Waals surface area contributed by atoms with E-state index < -0.39 is 0 Å². The summed E-state index contributed by atoms with van der Waals surface area (Å²) >= 11 is 1.41. The molecule has 0 aromatic carbocycles. The van der Waals surface area contributed by atoms with Gasteiger partial charge in [0.2, 0.25) is 0 Å². The monoisotopic (exact) mass is 282 g/mol. The van der Waals surface area contributed by atoms with E-state index in [2.05, 4.69) is 10.3 Å². The lowest BCUT2D eigenvalue weighted by Crippen LogP contribution is -2.39. The van der Waals surface area contributed by atoms with Crippen molar-refractivity contribution < 1.29 is 14.3 Å². The summed E-state index contributed by atoms with van der Waals surface area (Å²) in [5.74, 6) is -0.236. The normalized spacial score (nSPS) is 22.8. The van der Waals surface area contributed by atoms with Crippen molar-refractivity contribution in [3.05, 3.63) is 16.6 Å². The van der Waals surface area contributed by atoms with Crippen molar-refractivity contribution in [2.75, 3.05) is 6.61 Å². The molecular weight excluding hydrogens is 264 g/mol. The highest BCUT2D eigenvalue weighted by molar-refractivity contribution is 7.07. The smallest absolute Gasteiger partial charge is 0.308 e. The van der Waals surface area contributed by atoms with Crippen molar-refractivity contribution in [1.82, 2.24) is 10.3 Å². The highest BCUT2D eigenvalue weighted by Crippen LogP contribution is 2.25. The van der Waals surface area contributed by atoms with E-state index in [0.717, 1.165) is 25.7 Å². The molecule has 0 spiro atoms. The Balaban J connectivity index is 1.77. The SMILES string of the molecule is CCOC(=O)C1CCC(NC(=O)c2cscn2)CC1. The number of hydrogen-bond acceptors (Lipinski definition) is 5. The second-order valence-electron chi connectivity index (χ2n) is 4.65. The first-order valence-corrected chi connectivity index (χ1v) is 7.50. The highest BCUT2D eigenvalue weighted by Gasteiger charge is 2.28. The summed E-state index contributed by atoms with van der Waals surface area (Å²) in [7, 11) is 0. The summed E-state index contributed by atoms with van der Waals surface area (Å²) in [4.78, 5) is 27.4. The summed E-state index contributed by atoms with van der Waals surface area (Å²) in [5, 5.41) is 4.70. The fraction of sp³-hybridized carbons (Fsp3) is 0.615. The van der Waals surface area contributed by atoms with Gasteiger partial charge in [-0.1, -0.05) is 0 Å². The number of thiazole rings is 1. The third kappa shape index (κ3) is 3.76. The lowest BCUT2D eigenvalue weighted by atomic mass is 9.86. The van der Waals surface area contributed by atoms with Gasteiger partial charge >= 0.3 is 5.97 Å². The Morgan fingerprint density at radius 1 is 1.42 bits per heavy atom. The van der Waals surface area contributed by atoms with E-state index in [4.69, 9.17) is 4.74 Å². The second kappa shape index (κ2) is 6.65. The lowest BCUT2D eigenvalue weighted by Gasteiger charge is -2.27. The first kappa shape index (κ1) is 14.0. The molecule has 0 aliphatic heterocycles. The van der Waals surface area contributed by atoms with Gasteiger partial charge in [0.15, 0.2) is 0 Å². The second-order valence-corrected chi connectivity index (χ2v) is 5.37. The van der Waals surface area contributed by atoms with Crippen LogP contribution in [0.1, 0.15) is 43.1 Å². The Bertz CT molecular complexity index is 425. The molecule has 1 saturated carbocycles. The van der Waals surface area contributed by atoms with Crippen LogP contribution in [-0.4, -0.2) is 29.5 Å². The Labute approximate surface area is 116 Å². The van der Waals surface area contributed by atoms with Crippen LogP contribution in [0, 0.1) is 5.92 Å². The first-order valence-electron chi connectivity index (χ1n) is 6.56. The number of carbonyl (C=O) groups is 2. The fourth-order valence-electron chi connectivity index (χ4n) is 2.32. The molecule has 5 nitrogen and oxygen atoms in total. The van der Waals surface area contributed by atoms with Crippen LogP contribution in [0.3, 0.4) is 0 Å². The van der Waals surface area contributed by atoms with Crippen LogP contribution in [0.15, 0.2) is 10.9 Å². The molecule has 0 atom stereocenters. The zero-order valence-electron chi connectivity index (χ0n) is 10.9. The molecule has 0 bridgehead atoms. The molecule has 1 fully saturated rings. The van der Waals surface area contributed by atoms with Crippen LogP contribution < -0.4 is 5.32 Å². The number of aromatic nitrogens is 1. The molecule has 1 aliphatic carbocycles. The Morgan fingerprint density at radius 2 is 2.16 bits per heavy atom. The van der Waals surface area contributed by atoms with E-state index in [-0.39, 0.29) is 23.8 Å². The minimum atomic E-state index is -0.124. The summed E-state index contributed by atoms with van der Waals surface area (Å²) < 4.78 is 5.02. The molecule has 6 heteroatoms. The summed E-state index contributed by atoms with van der Waals surface area (Å²) in [6.45, 7) is 2.25. The summed E-state index contributed by atoms with van der Waals surface area (Å²) in [6, 6.07) is 0.139. The van der Waals surface area contributed by atoms with Gasteiger partial charge in [-0.15, -0.1) is 11.3 Å². The van der Waals surface area contributed by atoms with Crippen molar-refractivity contribution in [1.29, 1.82) is 0 Å². The number of nitrogens with one attached hydrogen (secondary N) is 1. The summed E-state index contributed by atoms with van der Waals surface area (Å²) in [5.41, 5.74) is 2.12. The van der Waals surface area contributed by atoms with Crippen LogP contribution in [0.25, 0.3) is 0 Å². The van der Waals surface area contributed by atoms with Gasteiger partial charge in [0.1, 0.15) is 5.69 Å². The van der Waals surface area contributed by atoms with Gasteiger partial charge in [-0.2, -0.15) is 0 Å². The molecule has 1 aromatic rings. The van der Waals surface area contributed by atoms with Gasteiger partial charge in [-0.05, 0) is 32.6 Å². The van der Waals surface area contributed by atoms with Gasteiger partial charge in [0.05, 0.1) is 18.0 Å². The van der Waals surface area contributed by atoms with E-state index in [0.29, 0.717) is 12.3 Å². The molecule has 1 aliphatic rings. The average molecular weight is 282 g/mol. The maximum atomic E-state index is 11.8. The zero-order chi connectivity index (χ0) is 13.7. The zero-order valence-corrected chi connectivity index (χ0v) is 11.7. The van der Waals surface area contributed by atoms with Crippen LogP contribution in [0.5, 0.6) is 0 Å². The number of ether oxygens (including phenoxy) is 1. The highest BCUT2D eigenvalue weighted by atomic mass is 32.1. The van der Waals surface area contributed by atoms with Crippen molar-refractivity contribution in [3.63, 3.8) is 0 Å². The number of hydrogen-bond donors (Lipinski definition) is 1. The molecule has 2 rings (SSSR count). The molecule has 1 heterocycles. The van der Waals surface area contributed by atoms with Crippen molar-refractivity contribution in [2.24, 2.45) is 5.92 Å². The molecule has 19 heavy (non-hydrogen) atoms. The maximum Gasteiger partial charge on any atom is 0.308 e. The Hall–Kier alpha value is -1.43. The number of esters is 1. The minimum absolute atomic E-state index is 0.00706. The van der Waals surface area contributed by atoms with Gasteiger partial charge < -0.3 is 10.1 Å². The van der Waals surface area contributed by atoms with Crippen LogP contribution >= 0.6 is 11.3 Å². The Morgan fingerprint density at radius 3 is 2.74 bits per heavy atom. The van der Waals surface area contributed by atoms with Crippen LogP contribution in [0.4, 0.5) is 0 Å². The molecule has 104 valence electrons. The predicted octanol–water partition coefficient (Wildman–Crippen LogP) is 1.99. The molecule has 0 unspecified atom stereocenters. The molecule has 1 N–H and O–H groups in total. The summed E-state index contributed by atoms with van der Waals surface area (Å²) in [6.07, 6.45) is 3.19. The minimum Gasteiger partial charge on any atom is -0.466 e. The predicted molar refractivity (Wildman–Crippen MR) is 72.0 cm³/mol. The van der Waals surface area contributed by atoms with Gasteiger partial charge in [-0.3, -0.25) is 9.59 Å². The van der Waals surface area contributed by atoms with Crippen LogP contribution in [0.2, 0.25) is 0 Å². The van der Waals surface area contributed by atoms with Gasteiger partial charge in [0, 0.05) is 11.4 Å². The van der Waals surface area contributed by atoms with Crippen molar-refractivity contribution >= 4 is 23.2 Å². The molecule has 0 radical (unpaired) electrons. The molecule has 1 aromatic heterocycles. The third-order valence-corrected chi connectivity index (χ3v) is 3.93. The topological polar surface area (TPSA) is 68.3 Å². The van der Waals surface area contributed by atoms with Crippen molar-refractivity contribution in [3.8, 4) is 0 Å². The number of rotatable bonds is 4. The van der Waals surface area contributed by atoms with Gasteiger partial charge in [0.25, 0.3) is 5.91 Å². The third-order valence-electron chi connectivity index (χ3n) is 3.35. The Kier molecular flexibility index (Phi) is 4.90. The molecule has 0 saturated heterocycles. The number of carbonyl (C=O) groups excluding carboxylic acids is 2. The number of amides is 1. The standard InChI is InChI=1S/C13H18N2O3S/c1-2-18-13(17)9-3-5-10(6-4-9)15-12(16)11-7-19-8-14-11/h7-10H,2-6H2,1H3,(H,15,16). The van der Waals surface area contributed by atoms with Crippen LogP contribution in [-0.2, 0) is 9.53 Å². The first-order chi connectivity index (χ1) is 9.20. The number of nitrogens with zero attached hydrogens (tertiary/aromatic N) is 1. The lowest BCUT2D eigenvalue weighted by molar-refractivity contribution is -0.149. The average Bonchev–Trinajstić information content (AvgIpc) is 2.94. The fourth-order valence-corrected chi connectivity index (χ4v) is 2.85. The van der Waals surface area contributed by atoms with Gasteiger partial charge in [-0.25, -0.2) is 4.98 Å². The van der Waals surface area contributed by atoms with E-state index in [1.807, 2.05) is 6.92 Å². The van der Waals surface area contributed by atoms with E-state index >= 15 is 0 Å². The van der Waals surface area contributed by atoms with E-state index in [1.54, 1.807) is 10.9 Å². The largest absolute Gasteiger partial charge is 0.466 e. The van der Waals surface area contributed by atoms with E-state index in [9.17, 15) is 9.59 Å². The molecular formula is C13H18N2O3S. The quantitative estimate of drug-likeness (QED) is 0.858. The maximum absolute atomic E-state index is 11.8. The molecule has 1 amide bonds. The van der Waals surface area contributed by atoms with E-state index in [1.165, 1.54) is 11.3 Å².